The van der Waals surface area contributed by atoms with Gasteiger partial charge in [0.05, 0.1) is 5.56 Å². The maximum atomic E-state index is 11.2. The lowest BCUT2D eigenvalue weighted by molar-refractivity contribution is 0.0698. The number of rotatable bonds is 4. The van der Waals surface area contributed by atoms with Crippen molar-refractivity contribution in [3.05, 3.63) is 23.3 Å². The predicted octanol–water partition coefficient (Wildman–Crippen LogP) is 2.14. The zero-order valence-electron chi connectivity index (χ0n) is 12.1. The number of benzene rings is 1. The van der Waals surface area contributed by atoms with E-state index in [4.69, 9.17) is 10.5 Å². The van der Waals surface area contributed by atoms with Crippen LogP contribution in [0.2, 0.25) is 0 Å². The molecule has 0 aromatic heterocycles. The molecule has 20 heavy (non-hydrogen) atoms. The summed E-state index contributed by atoms with van der Waals surface area (Å²) in [6, 6.07) is 3.65. The van der Waals surface area contributed by atoms with E-state index in [-0.39, 0.29) is 5.56 Å². The number of carbonyl (C=O) groups is 1. The van der Waals surface area contributed by atoms with Crippen molar-refractivity contribution in [1.29, 1.82) is 0 Å². The Balaban J connectivity index is 2.16. The first-order chi connectivity index (χ1) is 9.52. The van der Waals surface area contributed by atoms with E-state index in [0.29, 0.717) is 11.6 Å². The van der Waals surface area contributed by atoms with Gasteiger partial charge in [-0.3, -0.25) is 0 Å². The number of hydrogen-bond acceptors (Lipinski definition) is 4. The fourth-order valence-electron chi connectivity index (χ4n) is 2.73. The molecule has 110 valence electrons. The van der Waals surface area contributed by atoms with Crippen molar-refractivity contribution in [2.75, 3.05) is 37.4 Å². The van der Waals surface area contributed by atoms with Crippen LogP contribution in [0.5, 0.6) is 0 Å². The lowest BCUT2D eigenvalue weighted by Gasteiger charge is -2.33. The number of anilines is 2. The van der Waals surface area contributed by atoms with Gasteiger partial charge in [0.25, 0.3) is 0 Å². The first-order valence-corrected chi connectivity index (χ1v) is 6.90. The highest BCUT2D eigenvalue weighted by Crippen LogP contribution is 2.28. The Labute approximate surface area is 119 Å². The van der Waals surface area contributed by atoms with Gasteiger partial charge in [-0.2, -0.15) is 0 Å². The molecule has 5 nitrogen and oxygen atoms in total. The molecule has 1 fully saturated rings. The Bertz CT molecular complexity index is 494. The second-order valence-corrected chi connectivity index (χ2v) is 5.41. The molecule has 1 aromatic rings. The molecular weight excluding hydrogens is 256 g/mol. The van der Waals surface area contributed by atoms with Crippen LogP contribution in [0, 0.1) is 12.8 Å². The number of carboxylic acids is 1. The average Bonchev–Trinajstić information content (AvgIpc) is 2.42. The number of carboxylic acid groups (broad SMARTS) is 1. The Morgan fingerprint density at radius 1 is 1.45 bits per heavy atom. The van der Waals surface area contributed by atoms with Gasteiger partial charge in [-0.25, -0.2) is 4.79 Å². The number of nitrogen functional groups attached to an aromatic ring is 1. The molecule has 0 unspecified atom stereocenters. The third-order valence-electron chi connectivity index (χ3n) is 3.98. The third kappa shape index (κ3) is 3.04. The summed E-state index contributed by atoms with van der Waals surface area (Å²) < 4.78 is 5.19. The maximum Gasteiger partial charge on any atom is 0.337 e. The molecule has 0 aliphatic carbocycles. The van der Waals surface area contributed by atoms with Crippen LogP contribution < -0.4 is 10.6 Å². The number of hydrogen-bond donors (Lipinski definition) is 2. The molecule has 1 aliphatic heterocycles. The molecule has 0 radical (unpaired) electrons. The largest absolute Gasteiger partial charge is 0.478 e. The van der Waals surface area contributed by atoms with Crippen LogP contribution in [0.3, 0.4) is 0 Å². The van der Waals surface area contributed by atoms with Gasteiger partial charge in [-0.05, 0) is 43.4 Å². The van der Waals surface area contributed by atoms with Crippen LogP contribution in [0.15, 0.2) is 12.1 Å². The standard InChI is InChI=1S/C15H22N2O3/c1-10-7-12(8-13(14(10)16)15(18)19)17-5-3-11(4-6-17)9-20-2/h7-8,11H,3-6,9,16H2,1-2H3,(H,18,19). The Morgan fingerprint density at radius 3 is 2.65 bits per heavy atom. The number of piperidine rings is 1. The molecule has 2 rings (SSSR count). The predicted molar refractivity (Wildman–Crippen MR) is 79.4 cm³/mol. The van der Waals surface area contributed by atoms with Crippen LogP contribution in [0.25, 0.3) is 0 Å². The second kappa shape index (κ2) is 6.13. The summed E-state index contributed by atoms with van der Waals surface area (Å²) in [5.41, 5.74) is 8.15. The summed E-state index contributed by atoms with van der Waals surface area (Å²) in [7, 11) is 1.73. The molecular formula is C15H22N2O3. The van der Waals surface area contributed by atoms with Crippen molar-refractivity contribution in [3.63, 3.8) is 0 Å². The normalized spacial score (nSPS) is 16.4. The summed E-state index contributed by atoms with van der Waals surface area (Å²) in [6.45, 7) is 4.50. The van der Waals surface area contributed by atoms with Crippen LogP contribution >= 0.6 is 0 Å². The minimum absolute atomic E-state index is 0.194. The quantitative estimate of drug-likeness (QED) is 0.825. The van der Waals surface area contributed by atoms with E-state index in [0.717, 1.165) is 43.8 Å². The monoisotopic (exact) mass is 278 g/mol. The third-order valence-corrected chi connectivity index (χ3v) is 3.98. The summed E-state index contributed by atoms with van der Waals surface area (Å²) in [5, 5.41) is 9.21. The number of nitrogens with two attached hydrogens (primary N) is 1. The summed E-state index contributed by atoms with van der Waals surface area (Å²) in [6.07, 6.45) is 2.14. The Morgan fingerprint density at radius 2 is 2.10 bits per heavy atom. The minimum atomic E-state index is -0.971. The molecule has 1 aliphatic rings. The minimum Gasteiger partial charge on any atom is -0.478 e. The first kappa shape index (κ1) is 14.7. The number of methoxy groups -OCH3 is 1. The van der Waals surface area contributed by atoms with Gasteiger partial charge in [0.15, 0.2) is 0 Å². The highest BCUT2D eigenvalue weighted by Gasteiger charge is 2.21. The van der Waals surface area contributed by atoms with E-state index in [1.807, 2.05) is 13.0 Å². The average molecular weight is 278 g/mol. The van der Waals surface area contributed by atoms with Crippen molar-refractivity contribution >= 4 is 17.3 Å². The highest BCUT2D eigenvalue weighted by atomic mass is 16.5. The van der Waals surface area contributed by atoms with Crippen molar-refractivity contribution in [2.24, 2.45) is 5.92 Å². The number of aryl methyl sites for hydroxylation is 1. The molecule has 0 atom stereocenters. The van der Waals surface area contributed by atoms with Gasteiger partial charge in [0.1, 0.15) is 0 Å². The molecule has 1 saturated heterocycles. The van der Waals surface area contributed by atoms with Gasteiger partial charge in [0, 0.05) is 38.2 Å². The smallest absolute Gasteiger partial charge is 0.337 e. The zero-order chi connectivity index (χ0) is 14.7. The molecule has 0 amide bonds. The number of aromatic carboxylic acids is 1. The molecule has 1 heterocycles. The molecule has 5 heteroatoms. The van der Waals surface area contributed by atoms with Crippen LogP contribution in [-0.4, -0.2) is 37.9 Å². The van der Waals surface area contributed by atoms with Gasteiger partial charge >= 0.3 is 5.97 Å². The molecule has 0 spiro atoms. The van der Waals surface area contributed by atoms with Gasteiger partial charge in [0.2, 0.25) is 0 Å². The van der Waals surface area contributed by atoms with Crippen LogP contribution in [-0.2, 0) is 4.74 Å². The van der Waals surface area contributed by atoms with Crippen LogP contribution in [0.4, 0.5) is 11.4 Å². The van der Waals surface area contributed by atoms with E-state index in [1.165, 1.54) is 0 Å². The fourth-order valence-corrected chi connectivity index (χ4v) is 2.73. The molecule has 3 N–H and O–H groups in total. The Hall–Kier alpha value is -1.75. The summed E-state index contributed by atoms with van der Waals surface area (Å²) in [5.74, 6) is -0.369. The van der Waals surface area contributed by atoms with Crippen molar-refractivity contribution in [2.45, 2.75) is 19.8 Å². The van der Waals surface area contributed by atoms with Crippen molar-refractivity contribution < 1.29 is 14.6 Å². The zero-order valence-corrected chi connectivity index (χ0v) is 12.1. The summed E-state index contributed by atoms with van der Waals surface area (Å²) >= 11 is 0. The Kier molecular flexibility index (Phi) is 4.49. The SMILES string of the molecule is COCC1CCN(c2cc(C)c(N)c(C(=O)O)c2)CC1. The second-order valence-electron chi connectivity index (χ2n) is 5.41. The van der Waals surface area contributed by atoms with Crippen LogP contribution in [0.1, 0.15) is 28.8 Å². The molecule has 1 aromatic carbocycles. The van der Waals surface area contributed by atoms with E-state index < -0.39 is 5.97 Å². The van der Waals surface area contributed by atoms with Gasteiger partial charge < -0.3 is 20.5 Å². The fraction of sp³-hybridized carbons (Fsp3) is 0.533. The molecule has 0 bridgehead atoms. The lowest BCUT2D eigenvalue weighted by atomic mass is 9.96. The van der Waals surface area contributed by atoms with E-state index >= 15 is 0 Å². The van der Waals surface area contributed by atoms with Gasteiger partial charge in [-0.15, -0.1) is 0 Å². The van der Waals surface area contributed by atoms with Crippen molar-refractivity contribution in [1.82, 2.24) is 0 Å². The van der Waals surface area contributed by atoms with Crippen molar-refractivity contribution in [3.8, 4) is 0 Å². The number of ether oxygens (including phenoxy) is 1. The molecule has 0 saturated carbocycles. The van der Waals surface area contributed by atoms with E-state index in [1.54, 1.807) is 13.2 Å². The van der Waals surface area contributed by atoms with Gasteiger partial charge in [-0.1, -0.05) is 0 Å². The van der Waals surface area contributed by atoms with E-state index in [2.05, 4.69) is 4.90 Å². The van der Waals surface area contributed by atoms with E-state index in [9.17, 15) is 9.90 Å². The topological polar surface area (TPSA) is 75.8 Å². The number of nitrogens with zero attached hydrogens (tertiary/aromatic N) is 1. The first-order valence-electron chi connectivity index (χ1n) is 6.90. The highest BCUT2D eigenvalue weighted by molar-refractivity contribution is 5.95. The maximum absolute atomic E-state index is 11.2. The lowest BCUT2D eigenvalue weighted by Crippen LogP contribution is -2.35. The summed E-state index contributed by atoms with van der Waals surface area (Å²) in [4.78, 5) is 13.5.